The molecule has 0 unspecified atom stereocenters. The van der Waals surface area contributed by atoms with Crippen LogP contribution in [0.5, 0.6) is 11.5 Å². The van der Waals surface area contributed by atoms with Crippen molar-refractivity contribution in [1.82, 2.24) is 0 Å². The first-order valence-corrected chi connectivity index (χ1v) is 27.1. The number of phenols is 2. The van der Waals surface area contributed by atoms with Crippen LogP contribution in [0.15, 0.2) is 121 Å². The molecule has 0 radical (unpaired) electrons. The number of aromatic carboxylic acids is 4. The van der Waals surface area contributed by atoms with Crippen LogP contribution in [0.4, 0.5) is 28.4 Å². The van der Waals surface area contributed by atoms with Crippen molar-refractivity contribution in [3.05, 3.63) is 158 Å². The molecular formula is C53H44N4O18S3. The summed E-state index contributed by atoms with van der Waals surface area (Å²) in [6.07, 6.45) is 0. The Bertz CT molecular complexity index is 4360. The molecule has 0 atom stereocenters. The molecule has 25 heteroatoms. The minimum atomic E-state index is -4.88. The first-order valence-electron chi connectivity index (χ1n) is 22.7. The number of aromatic hydroxyl groups is 2. The summed E-state index contributed by atoms with van der Waals surface area (Å²) in [5, 5.41) is 63.7. The molecule has 22 nitrogen and oxygen atoms in total. The van der Waals surface area contributed by atoms with Crippen LogP contribution in [0.3, 0.4) is 0 Å². The second-order valence-electron chi connectivity index (χ2n) is 18.0. The van der Waals surface area contributed by atoms with E-state index in [0.29, 0.717) is 80.0 Å². The Balaban J connectivity index is 1.26. The van der Waals surface area contributed by atoms with Crippen molar-refractivity contribution in [3.8, 4) is 33.9 Å². The van der Waals surface area contributed by atoms with Crippen LogP contribution in [0, 0.1) is 41.5 Å². The smallest absolute Gasteiger partial charge is 0.339 e. The number of anilines is 4. The van der Waals surface area contributed by atoms with Gasteiger partial charge in [0.15, 0.2) is 11.5 Å². The van der Waals surface area contributed by atoms with Gasteiger partial charge in [0, 0.05) is 45.6 Å². The summed E-state index contributed by atoms with van der Waals surface area (Å²) in [6, 6.07) is 21.0. The lowest BCUT2D eigenvalue weighted by Crippen LogP contribution is -2.17. The molecule has 78 heavy (non-hydrogen) atoms. The van der Waals surface area contributed by atoms with Crippen molar-refractivity contribution in [2.75, 3.05) is 14.8 Å². The molecule has 1 aliphatic carbocycles. The second kappa shape index (κ2) is 20.0. The van der Waals surface area contributed by atoms with Gasteiger partial charge in [-0.15, -0.1) is 0 Å². The van der Waals surface area contributed by atoms with E-state index >= 15 is 0 Å². The Morgan fingerprint density at radius 2 is 1.04 bits per heavy atom. The van der Waals surface area contributed by atoms with Gasteiger partial charge in [0.2, 0.25) is 0 Å². The first kappa shape index (κ1) is 54.9. The number of aryl methyl sites for hydroxylation is 4. The molecule has 2 aliphatic rings. The van der Waals surface area contributed by atoms with Crippen LogP contribution in [-0.4, -0.2) is 84.3 Å². The lowest BCUT2D eigenvalue weighted by molar-refractivity contribution is 0.0672. The maximum atomic E-state index is 13.9. The monoisotopic (exact) mass is 1120 g/mol. The highest BCUT2D eigenvalue weighted by atomic mass is 32.2. The summed E-state index contributed by atoms with van der Waals surface area (Å²) < 4.78 is 103. The largest absolute Gasteiger partial charge is 0.506 e. The molecule has 0 amide bonds. The number of rotatable bonds is 15. The third kappa shape index (κ3) is 10.2. The topological polar surface area (TPSA) is 374 Å². The molecule has 0 fully saturated rings. The van der Waals surface area contributed by atoms with E-state index in [0.717, 1.165) is 0 Å². The molecule has 0 bridgehead atoms. The zero-order valence-corrected chi connectivity index (χ0v) is 44.0. The Morgan fingerprint density at radius 1 is 0.526 bits per heavy atom. The van der Waals surface area contributed by atoms with Crippen molar-refractivity contribution in [2.24, 2.45) is 4.99 Å². The number of fused-ring (bicyclic) bond motifs is 2. The number of benzene rings is 7. The summed E-state index contributed by atoms with van der Waals surface area (Å²) in [4.78, 5) is 49.8. The average molecular weight is 1120 g/mol. The highest BCUT2D eigenvalue weighted by molar-refractivity contribution is 7.93. The maximum absolute atomic E-state index is 13.9. The zero-order valence-electron chi connectivity index (χ0n) is 41.5. The van der Waals surface area contributed by atoms with E-state index in [-0.39, 0.29) is 44.9 Å². The van der Waals surface area contributed by atoms with Crippen LogP contribution in [0.1, 0.15) is 74.8 Å². The molecule has 6 aromatic rings. The van der Waals surface area contributed by atoms with Gasteiger partial charge in [-0.3, -0.25) is 14.0 Å². The molecule has 1 heterocycles. The van der Waals surface area contributed by atoms with E-state index in [1.165, 1.54) is 24.3 Å². The summed E-state index contributed by atoms with van der Waals surface area (Å²) in [5.41, 5.74) is 0.992. The van der Waals surface area contributed by atoms with Crippen molar-refractivity contribution in [2.45, 2.75) is 56.2 Å². The standard InChI is InChI=1S/C53H44N4O18S3/c1-23-15-25(3)46(56-76(68,69)41-19-29(50(60)61)17-36(48(41)58)52(64)65)27(5)44(23)54-31-11-13-33-38(21-31)75-39-22-32(12-14-34(39)43(33)35-9-7-8-10-40(35)78(72,73)74)55-45-24(2)16-26(4)47(28(45)6)57-77(70,71)42-20-30(51(62)63)18-37(49(42)59)53(66)67/h7-22,54,56-59H,1-6H3,(H,60,61)(H,62,63)(H,64,65)(H,66,67)(H,72,73,74). The lowest BCUT2D eigenvalue weighted by atomic mass is 9.93. The van der Waals surface area contributed by atoms with E-state index < -0.39 is 102 Å². The van der Waals surface area contributed by atoms with Gasteiger partial charge in [0.05, 0.1) is 33.5 Å². The molecule has 0 aromatic heterocycles. The van der Waals surface area contributed by atoms with Gasteiger partial charge >= 0.3 is 23.9 Å². The third-order valence-corrected chi connectivity index (χ3v) is 16.3. The molecule has 8 rings (SSSR count). The van der Waals surface area contributed by atoms with Gasteiger partial charge < -0.3 is 40.4 Å². The van der Waals surface area contributed by atoms with Crippen molar-refractivity contribution in [1.29, 1.82) is 0 Å². The summed E-state index contributed by atoms with van der Waals surface area (Å²) in [6.45, 7) is 9.71. The lowest BCUT2D eigenvalue weighted by Gasteiger charge is -2.21. The Labute approximate surface area is 443 Å². The molecule has 0 spiro atoms. The van der Waals surface area contributed by atoms with Crippen molar-refractivity contribution < 1.29 is 84.0 Å². The fraction of sp³-hybridized carbons (Fsp3) is 0.113. The van der Waals surface area contributed by atoms with Gasteiger partial charge in [-0.05, 0) is 130 Å². The quantitative estimate of drug-likeness (QED) is 0.0338. The van der Waals surface area contributed by atoms with Crippen molar-refractivity contribution >= 4 is 93.4 Å². The molecule has 0 saturated carbocycles. The summed E-state index contributed by atoms with van der Waals surface area (Å²) in [5.74, 6) is -9.09. The van der Waals surface area contributed by atoms with Crippen LogP contribution in [-0.2, 0) is 30.2 Å². The molecule has 6 aromatic carbocycles. The SMILES string of the molecule is Cc1cc(C)c(NS(=O)(=O)c2cc(C(=O)O)cc(C(=O)O)c2O)c(C)c1N=c1ccc2c(-c3ccccc3S(=O)(=O)O)c3ccc(Nc4c(C)cc(C)c(NS(=O)(=O)c5cc(C(=O)O)cc(C(=O)O)c5O)c4C)cc3oc-2c1. The van der Waals surface area contributed by atoms with Gasteiger partial charge in [0.1, 0.15) is 37.2 Å². The number of nitrogens with zero attached hydrogens (tertiary/aromatic N) is 1. The molecule has 402 valence electrons. The van der Waals surface area contributed by atoms with Gasteiger partial charge in [-0.25, -0.2) is 41.0 Å². The fourth-order valence-corrected chi connectivity index (χ4v) is 12.5. The molecule has 1 aliphatic heterocycles. The van der Waals surface area contributed by atoms with Gasteiger partial charge in [0.25, 0.3) is 30.2 Å². The predicted molar refractivity (Wildman–Crippen MR) is 284 cm³/mol. The highest BCUT2D eigenvalue weighted by Crippen LogP contribution is 2.44. The van der Waals surface area contributed by atoms with E-state index in [1.54, 1.807) is 90.1 Å². The van der Waals surface area contributed by atoms with E-state index in [9.17, 15) is 79.6 Å². The Kier molecular flexibility index (Phi) is 14.1. The maximum Gasteiger partial charge on any atom is 0.339 e. The zero-order chi connectivity index (χ0) is 57.2. The van der Waals surface area contributed by atoms with Crippen LogP contribution >= 0.6 is 0 Å². The van der Waals surface area contributed by atoms with Gasteiger partial charge in [-0.1, -0.05) is 30.3 Å². The number of hydrogen-bond acceptors (Lipinski definition) is 15. The number of carboxylic acid groups (broad SMARTS) is 4. The van der Waals surface area contributed by atoms with E-state index in [4.69, 9.17) is 9.41 Å². The van der Waals surface area contributed by atoms with Crippen LogP contribution in [0.2, 0.25) is 0 Å². The number of carbonyl (C=O) groups is 4. The first-order chi connectivity index (χ1) is 36.4. The minimum Gasteiger partial charge on any atom is -0.506 e. The third-order valence-electron chi connectivity index (χ3n) is 12.7. The number of carboxylic acids is 4. The number of hydrogen-bond donors (Lipinski definition) is 10. The van der Waals surface area contributed by atoms with Crippen LogP contribution in [0.25, 0.3) is 33.4 Å². The molecule has 0 saturated heterocycles. The molecular weight excluding hydrogens is 1080 g/mol. The van der Waals surface area contributed by atoms with E-state index in [1.807, 2.05) is 0 Å². The number of nitrogens with one attached hydrogen (secondary N) is 3. The Hall–Kier alpha value is -9.30. The van der Waals surface area contributed by atoms with Crippen LogP contribution < -0.4 is 20.1 Å². The fourth-order valence-electron chi connectivity index (χ4n) is 9.10. The predicted octanol–water partition coefficient (Wildman–Crippen LogP) is 9.08. The normalized spacial score (nSPS) is 12.2. The second-order valence-corrected chi connectivity index (χ2v) is 22.7. The summed E-state index contributed by atoms with van der Waals surface area (Å²) >= 11 is 0. The Morgan fingerprint density at radius 3 is 1.56 bits per heavy atom. The minimum absolute atomic E-state index is 0.000290. The molecule has 10 N–H and O–H groups in total. The highest BCUT2D eigenvalue weighted by Gasteiger charge is 2.31. The van der Waals surface area contributed by atoms with Crippen molar-refractivity contribution in [3.63, 3.8) is 0 Å². The summed E-state index contributed by atoms with van der Waals surface area (Å²) in [7, 11) is -14.6. The van der Waals surface area contributed by atoms with E-state index in [2.05, 4.69) is 14.8 Å². The average Bonchev–Trinajstić information content (AvgIpc) is 3.47. The van der Waals surface area contributed by atoms with Gasteiger partial charge in [-0.2, -0.15) is 8.42 Å². The number of sulfonamides is 2.